The van der Waals surface area contributed by atoms with Gasteiger partial charge in [0, 0.05) is 12.7 Å². The second-order valence-electron chi connectivity index (χ2n) is 4.76. The minimum atomic E-state index is -0.0820. The highest BCUT2D eigenvalue weighted by Crippen LogP contribution is 2.26. The summed E-state index contributed by atoms with van der Waals surface area (Å²) < 4.78 is 1.74. The van der Waals surface area contributed by atoms with E-state index in [1.54, 1.807) is 23.1 Å². The Morgan fingerprint density at radius 3 is 3.00 bits per heavy atom. The van der Waals surface area contributed by atoms with Crippen LogP contribution in [0.4, 0.5) is 0 Å². The third kappa shape index (κ3) is 2.53. The first-order valence-electron chi connectivity index (χ1n) is 6.34. The van der Waals surface area contributed by atoms with Crippen LogP contribution in [-0.2, 0) is 6.54 Å². The number of amides is 1. The van der Waals surface area contributed by atoms with E-state index in [0.717, 1.165) is 19.4 Å². The molecule has 0 aliphatic carbocycles. The van der Waals surface area contributed by atoms with Crippen molar-refractivity contribution in [3.63, 3.8) is 0 Å². The number of hydrogen-bond donors (Lipinski definition) is 1. The number of H-pyrrole nitrogens is 1. The number of rotatable bonds is 3. The van der Waals surface area contributed by atoms with E-state index in [0.29, 0.717) is 22.4 Å². The minimum absolute atomic E-state index is 0.0820. The molecule has 0 saturated carbocycles. The van der Waals surface area contributed by atoms with Gasteiger partial charge in [-0.15, -0.1) is 5.10 Å². The lowest BCUT2D eigenvalue weighted by atomic mass is 10.2. The van der Waals surface area contributed by atoms with Gasteiger partial charge in [0.15, 0.2) is 0 Å². The van der Waals surface area contributed by atoms with E-state index in [1.165, 1.54) is 0 Å². The van der Waals surface area contributed by atoms with E-state index < -0.39 is 0 Å². The summed E-state index contributed by atoms with van der Waals surface area (Å²) in [4.78, 5) is 17.1. The maximum absolute atomic E-state index is 12.5. The summed E-state index contributed by atoms with van der Waals surface area (Å²) in [6.07, 6.45) is 5.36. The molecule has 0 bridgehead atoms. The van der Waals surface area contributed by atoms with Crippen LogP contribution in [0.5, 0.6) is 0 Å². The molecule has 2 aromatic heterocycles. The van der Waals surface area contributed by atoms with Crippen molar-refractivity contribution >= 4 is 29.1 Å². The largest absolute Gasteiger partial charge is 0.340 e. The Morgan fingerprint density at radius 2 is 2.35 bits per heavy atom. The topological polar surface area (TPSA) is 66.8 Å². The number of aromatic amines is 1. The molecule has 3 heterocycles. The number of likely N-dealkylation sites (tertiary alicyclic amines) is 1. The highest BCUT2D eigenvalue weighted by molar-refractivity contribution is 6.41. The van der Waals surface area contributed by atoms with Gasteiger partial charge >= 0.3 is 0 Å². The van der Waals surface area contributed by atoms with Crippen LogP contribution in [-0.4, -0.2) is 43.4 Å². The molecule has 0 aromatic carbocycles. The van der Waals surface area contributed by atoms with Gasteiger partial charge in [0.25, 0.3) is 5.91 Å². The summed E-state index contributed by atoms with van der Waals surface area (Å²) in [7, 11) is 0. The molecule has 1 fully saturated rings. The quantitative estimate of drug-likeness (QED) is 0.944. The molecule has 1 aliphatic heterocycles. The van der Waals surface area contributed by atoms with Gasteiger partial charge in [-0.1, -0.05) is 28.4 Å². The van der Waals surface area contributed by atoms with Crippen molar-refractivity contribution in [3.05, 3.63) is 34.3 Å². The fourth-order valence-corrected chi connectivity index (χ4v) is 2.83. The number of aromatic nitrogens is 4. The van der Waals surface area contributed by atoms with Crippen molar-refractivity contribution in [1.29, 1.82) is 0 Å². The van der Waals surface area contributed by atoms with Crippen molar-refractivity contribution in [2.75, 3.05) is 6.54 Å². The van der Waals surface area contributed by atoms with Crippen LogP contribution >= 0.6 is 23.2 Å². The van der Waals surface area contributed by atoms with Gasteiger partial charge in [0.2, 0.25) is 0 Å². The van der Waals surface area contributed by atoms with E-state index >= 15 is 0 Å². The first-order valence-corrected chi connectivity index (χ1v) is 7.10. The van der Waals surface area contributed by atoms with Crippen LogP contribution in [0.15, 0.2) is 18.5 Å². The maximum atomic E-state index is 12.5. The molecule has 1 aliphatic rings. The molecule has 8 heteroatoms. The summed E-state index contributed by atoms with van der Waals surface area (Å²) in [5.41, 5.74) is 0.422. The summed E-state index contributed by atoms with van der Waals surface area (Å²) in [5, 5.41) is 8.38. The average Bonchev–Trinajstić information content (AvgIpc) is 3.13. The monoisotopic (exact) mass is 313 g/mol. The zero-order valence-corrected chi connectivity index (χ0v) is 12.1. The predicted molar refractivity (Wildman–Crippen MR) is 74.9 cm³/mol. The normalized spacial score (nSPS) is 18.7. The van der Waals surface area contributed by atoms with Crippen molar-refractivity contribution in [2.45, 2.75) is 25.4 Å². The van der Waals surface area contributed by atoms with Crippen molar-refractivity contribution < 1.29 is 4.79 Å². The number of hydrogen-bond acceptors (Lipinski definition) is 3. The Kier molecular flexibility index (Phi) is 3.67. The average molecular weight is 314 g/mol. The lowest BCUT2D eigenvalue weighted by molar-refractivity contribution is 0.0716. The van der Waals surface area contributed by atoms with Gasteiger partial charge in [-0.25, -0.2) is 0 Å². The van der Waals surface area contributed by atoms with Crippen molar-refractivity contribution in [1.82, 2.24) is 24.9 Å². The van der Waals surface area contributed by atoms with Gasteiger partial charge in [0.1, 0.15) is 10.8 Å². The van der Waals surface area contributed by atoms with Crippen LogP contribution in [0, 0.1) is 0 Å². The SMILES string of the molecule is O=C(c1cc(Cl)c(Cl)[nH]1)N1CCC[C@H]1Cn1ccnn1. The van der Waals surface area contributed by atoms with E-state index in [1.807, 2.05) is 4.90 Å². The third-order valence-corrected chi connectivity index (χ3v) is 4.16. The molecule has 3 rings (SSSR count). The molecular weight excluding hydrogens is 301 g/mol. The summed E-state index contributed by atoms with van der Waals surface area (Å²) in [6.45, 7) is 1.38. The lowest BCUT2D eigenvalue weighted by Crippen LogP contribution is -2.38. The first kappa shape index (κ1) is 13.5. The van der Waals surface area contributed by atoms with E-state index in [-0.39, 0.29) is 11.9 Å². The molecule has 0 unspecified atom stereocenters. The molecule has 1 N–H and O–H groups in total. The number of carbonyl (C=O) groups excluding carboxylic acids is 1. The fraction of sp³-hybridized carbons (Fsp3) is 0.417. The first-order chi connectivity index (χ1) is 9.65. The molecular formula is C12H13Cl2N5O. The molecule has 2 aromatic rings. The van der Waals surface area contributed by atoms with Gasteiger partial charge < -0.3 is 9.88 Å². The Bertz CT molecular complexity index is 590. The maximum Gasteiger partial charge on any atom is 0.270 e. The smallest absolute Gasteiger partial charge is 0.270 e. The molecule has 1 saturated heterocycles. The van der Waals surface area contributed by atoms with Gasteiger partial charge in [0.05, 0.1) is 23.8 Å². The Hall–Kier alpha value is -1.53. The van der Waals surface area contributed by atoms with Crippen LogP contribution in [0.1, 0.15) is 23.3 Å². The van der Waals surface area contributed by atoms with Crippen molar-refractivity contribution in [2.24, 2.45) is 0 Å². The molecule has 106 valence electrons. The fourth-order valence-electron chi connectivity index (χ4n) is 2.51. The highest BCUT2D eigenvalue weighted by atomic mass is 35.5. The van der Waals surface area contributed by atoms with Crippen molar-refractivity contribution in [3.8, 4) is 0 Å². The van der Waals surface area contributed by atoms with E-state index in [9.17, 15) is 4.79 Å². The zero-order valence-electron chi connectivity index (χ0n) is 10.6. The minimum Gasteiger partial charge on any atom is -0.340 e. The molecule has 0 spiro atoms. The summed E-state index contributed by atoms with van der Waals surface area (Å²) in [5.74, 6) is -0.0820. The Balaban J connectivity index is 1.76. The van der Waals surface area contributed by atoms with Gasteiger partial charge in [-0.05, 0) is 18.9 Å². The molecule has 0 radical (unpaired) electrons. The second-order valence-corrected chi connectivity index (χ2v) is 5.55. The Labute approximate surface area is 125 Å². The Morgan fingerprint density at radius 1 is 1.50 bits per heavy atom. The number of halogens is 2. The van der Waals surface area contributed by atoms with E-state index in [2.05, 4.69) is 15.3 Å². The van der Waals surface area contributed by atoms with Gasteiger partial charge in [-0.3, -0.25) is 9.48 Å². The second kappa shape index (κ2) is 5.46. The standard InChI is InChI=1S/C12H13Cl2N5O/c13-9-6-10(16-11(9)14)12(20)19-4-1-2-8(19)7-18-5-3-15-17-18/h3,5-6,8,16H,1-2,4,7H2/t8-/m0/s1. The lowest BCUT2D eigenvalue weighted by Gasteiger charge is -2.23. The van der Waals surface area contributed by atoms with Crippen LogP contribution in [0.2, 0.25) is 10.2 Å². The predicted octanol–water partition coefficient (Wildman–Crippen LogP) is 2.22. The van der Waals surface area contributed by atoms with Crippen LogP contribution in [0.25, 0.3) is 0 Å². The number of nitrogens with one attached hydrogen (secondary N) is 1. The van der Waals surface area contributed by atoms with Gasteiger partial charge in [-0.2, -0.15) is 0 Å². The molecule has 1 atom stereocenters. The highest BCUT2D eigenvalue weighted by Gasteiger charge is 2.30. The van der Waals surface area contributed by atoms with E-state index in [4.69, 9.17) is 23.2 Å². The third-order valence-electron chi connectivity index (χ3n) is 3.46. The number of carbonyl (C=O) groups is 1. The summed E-state index contributed by atoms with van der Waals surface area (Å²) >= 11 is 11.7. The van der Waals surface area contributed by atoms with Crippen LogP contribution in [0.3, 0.4) is 0 Å². The zero-order chi connectivity index (χ0) is 14.1. The van der Waals surface area contributed by atoms with Crippen LogP contribution < -0.4 is 0 Å². The summed E-state index contributed by atoms with van der Waals surface area (Å²) in [6, 6.07) is 1.68. The molecule has 20 heavy (non-hydrogen) atoms. The molecule has 6 nitrogen and oxygen atoms in total. The number of nitrogens with zero attached hydrogens (tertiary/aromatic N) is 4. The molecule has 1 amide bonds.